The first-order chi connectivity index (χ1) is 15.9. The number of carbonyl (C=O) groups excluding carboxylic acids is 1. The van der Waals surface area contributed by atoms with Gasteiger partial charge in [-0.25, -0.2) is 0 Å². The van der Waals surface area contributed by atoms with Crippen molar-refractivity contribution in [2.75, 3.05) is 12.4 Å². The molecule has 2 aromatic carbocycles. The van der Waals surface area contributed by atoms with E-state index in [1.54, 1.807) is 0 Å². The fourth-order valence-electron chi connectivity index (χ4n) is 3.62. The second-order valence-electron chi connectivity index (χ2n) is 8.02. The minimum Gasteiger partial charge on any atom is -0.325 e. The number of anilines is 2. The lowest BCUT2D eigenvalue weighted by Gasteiger charge is -2.17. The molecular weight excluding hydrogens is 411 g/mol. The predicted octanol–water partition coefficient (Wildman–Crippen LogP) is 4.39. The number of hydrogen-bond acceptors (Lipinski definition) is 6. The number of nitrogens with one attached hydrogen (secondary N) is 2. The van der Waals surface area contributed by atoms with Crippen LogP contribution in [0.25, 0.3) is 22.5 Å². The van der Waals surface area contributed by atoms with Gasteiger partial charge in [-0.15, -0.1) is 0 Å². The minimum absolute atomic E-state index is 0.0138. The number of nitrogens with zero attached hydrogens (tertiary/aromatic N) is 4. The smallest absolute Gasteiger partial charge is 0.269 e. The lowest BCUT2D eigenvalue weighted by molar-refractivity contribution is 0.112. The molecule has 0 amide bonds. The topological polar surface area (TPSA) is 84.7 Å². The van der Waals surface area contributed by atoms with E-state index in [2.05, 4.69) is 25.7 Å². The molecule has 2 N–H and O–H groups in total. The largest absolute Gasteiger partial charge is 0.325 e. The van der Waals surface area contributed by atoms with Crippen molar-refractivity contribution in [1.82, 2.24) is 25.0 Å². The van der Waals surface area contributed by atoms with Crippen LogP contribution < -0.4 is 10.6 Å². The highest BCUT2D eigenvalue weighted by molar-refractivity contribution is 6.07. The molecule has 1 unspecified atom stereocenters. The summed E-state index contributed by atoms with van der Waals surface area (Å²) in [7, 11) is 7.95. The van der Waals surface area contributed by atoms with Crippen LogP contribution in [0.5, 0.6) is 0 Å². The summed E-state index contributed by atoms with van der Waals surface area (Å²) < 4.78 is 1.22. The van der Waals surface area contributed by atoms with E-state index in [4.69, 9.17) is 7.98 Å². The lowest BCUT2D eigenvalue weighted by atomic mass is 9.98. The molecule has 33 heavy (non-hydrogen) atoms. The molecule has 0 aliphatic carbocycles. The predicted molar refractivity (Wildman–Crippen MR) is 132 cm³/mol. The standard InChI is InChI=1S/C25H25BN6O/c1-15-11-21(14-33)22(17(3)27-4)12-23(15)29-25-30-24(31-32(25)26)19-9-7-18(8-10-19)20-6-5-16(2)28-13-20/h5-14,17,27H,1-4H3,(H,29,30,31). The molecule has 0 saturated heterocycles. The molecule has 8 heteroatoms. The number of aldehydes is 1. The Balaban J connectivity index is 1.60. The van der Waals surface area contributed by atoms with Crippen molar-refractivity contribution in [3.8, 4) is 22.5 Å². The summed E-state index contributed by atoms with van der Waals surface area (Å²) in [5, 5.41) is 10.8. The van der Waals surface area contributed by atoms with Crippen LogP contribution in [-0.4, -0.2) is 41.0 Å². The van der Waals surface area contributed by atoms with Crippen molar-refractivity contribution in [2.45, 2.75) is 26.8 Å². The van der Waals surface area contributed by atoms with Crippen LogP contribution in [0, 0.1) is 13.8 Å². The Morgan fingerprint density at radius 3 is 2.36 bits per heavy atom. The molecule has 0 aliphatic heterocycles. The SMILES string of the molecule is [B]n1nc(-c2ccc(-c3ccc(C)nc3)cc2)nc1Nc1cc(C(C)NC)c(C=O)cc1C. The number of benzene rings is 2. The van der Waals surface area contributed by atoms with E-state index in [1.165, 1.54) is 4.59 Å². The molecule has 1 atom stereocenters. The molecule has 2 heterocycles. The average Bonchev–Trinajstić information content (AvgIpc) is 3.20. The molecule has 4 aromatic rings. The van der Waals surface area contributed by atoms with Gasteiger partial charge in [0.2, 0.25) is 5.95 Å². The Hall–Kier alpha value is -3.78. The molecule has 164 valence electrons. The van der Waals surface area contributed by atoms with Gasteiger partial charge < -0.3 is 10.6 Å². The Morgan fingerprint density at radius 1 is 1.03 bits per heavy atom. The van der Waals surface area contributed by atoms with E-state index >= 15 is 0 Å². The molecule has 0 spiro atoms. The van der Waals surface area contributed by atoms with E-state index < -0.39 is 0 Å². The molecule has 4 rings (SSSR count). The second kappa shape index (κ2) is 9.38. The molecule has 0 fully saturated rings. The van der Waals surface area contributed by atoms with Crippen molar-refractivity contribution >= 4 is 25.9 Å². The third-order valence-electron chi connectivity index (χ3n) is 5.72. The summed E-state index contributed by atoms with van der Waals surface area (Å²) in [6, 6.07) is 15.8. The maximum absolute atomic E-state index is 11.5. The van der Waals surface area contributed by atoms with E-state index in [1.807, 2.05) is 82.5 Å². The fourth-order valence-corrected chi connectivity index (χ4v) is 3.62. The first-order valence-corrected chi connectivity index (χ1v) is 10.7. The van der Waals surface area contributed by atoms with Crippen molar-refractivity contribution in [2.24, 2.45) is 0 Å². The zero-order valence-corrected chi connectivity index (χ0v) is 19.1. The summed E-state index contributed by atoms with van der Waals surface area (Å²) in [6.45, 7) is 5.90. The first kappa shape index (κ1) is 22.4. The summed E-state index contributed by atoms with van der Waals surface area (Å²) in [5.41, 5.74) is 7.21. The van der Waals surface area contributed by atoms with Gasteiger partial charge in [0.05, 0.1) is 0 Å². The highest BCUT2D eigenvalue weighted by Gasteiger charge is 2.15. The Kier molecular flexibility index (Phi) is 6.37. The number of aromatic nitrogens is 4. The number of rotatable bonds is 7. The van der Waals surface area contributed by atoms with Crippen LogP contribution in [0.15, 0.2) is 54.7 Å². The zero-order valence-electron chi connectivity index (χ0n) is 19.1. The van der Waals surface area contributed by atoms with Crippen molar-refractivity contribution < 1.29 is 4.79 Å². The molecule has 0 bridgehead atoms. The Morgan fingerprint density at radius 2 is 1.73 bits per heavy atom. The average molecular weight is 436 g/mol. The van der Waals surface area contributed by atoms with Gasteiger partial charge in [-0.1, -0.05) is 30.3 Å². The van der Waals surface area contributed by atoms with Gasteiger partial charge in [0.1, 0.15) is 6.29 Å². The van der Waals surface area contributed by atoms with Crippen LogP contribution in [0.1, 0.15) is 40.1 Å². The summed E-state index contributed by atoms with van der Waals surface area (Å²) >= 11 is 0. The summed E-state index contributed by atoms with van der Waals surface area (Å²) in [5.74, 6) is 0.918. The number of pyridine rings is 1. The molecule has 2 radical (unpaired) electrons. The lowest BCUT2D eigenvalue weighted by Crippen LogP contribution is -2.15. The minimum atomic E-state index is 0.0138. The van der Waals surface area contributed by atoms with Crippen LogP contribution >= 0.6 is 0 Å². The second-order valence-corrected chi connectivity index (χ2v) is 8.02. The van der Waals surface area contributed by atoms with Gasteiger partial charge >= 0.3 is 0 Å². The fraction of sp³-hybridized carbons (Fsp3) is 0.200. The number of carbonyl (C=O) groups is 1. The Bertz CT molecular complexity index is 1280. The normalized spacial score (nSPS) is 11.9. The maximum Gasteiger partial charge on any atom is 0.269 e. The number of aryl methyl sites for hydroxylation is 2. The third-order valence-corrected chi connectivity index (χ3v) is 5.72. The van der Waals surface area contributed by atoms with Crippen molar-refractivity contribution in [3.05, 3.63) is 77.1 Å². The molecular formula is C25H25BN6O. The van der Waals surface area contributed by atoms with Crippen LogP contribution in [0.3, 0.4) is 0 Å². The molecule has 7 nitrogen and oxygen atoms in total. The summed E-state index contributed by atoms with van der Waals surface area (Å²) in [4.78, 5) is 20.5. The van der Waals surface area contributed by atoms with E-state index in [-0.39, 0.29) is 6.04 Å². The molecule has 0 saturated carbocycles. The van der Waals surface area contributed by atoms with Crippen LogP contribution in [0.4, 0.5) is 11.6 Å². The molecule has 2 aromatic heterocycles. The van der Waals surface area contributed by atoms with E-state index in [0.717, 1.165) is 45.5 Å². The van der Waals surface area contributed by atoms with Crippen molar-refractivity contribution in [3.63, 3.8) is 0 Å². The highest BCUT2D eigenvalue weighted by Crippen LogP contribution is 2.28. The molecule has 0 aliphatic rings. The Labute approximate surface area is 194 Å². The third kappa shape index (κ3) is 4.71. The van der Waals surface area contributed by atoms with E-state index in [0.29, 0.717) is 17.3 Å². The van der Waals surface area contributed by atoms with Gasteiger partial charge in [-0.05, 0) is 62.7 Å². The van der Waals surface area contributed by atoms with Gasteiger partial charge in [0.25, 0.3) is 7.98 Å². The van der Waals surface area contributed by atoms with Gasteiger partial charge in [0, 0.05) is 40.3 Å². The van der Waals surface area contributed by atoms with E-state index in [9.17, 15) is 4.79 Å². The van der Waals surface area contributed by atoms with Gasteiger partial charge in [-0.2, -0.15) is 10.1 Å². The maximum atomic E-state index is 11.5. The van der Waals surface area contributed by atoms with Gasteiger partial charge in [-0.3, -0.25) is 14.4 Å². The zero-order chi connectivity index (χ0) is 23.5. The van der Waals surface area contributed by atoms with Crippen molar-refractivity contribution in [1.29, 1.82) is 0 Å². The van der Waals surface area contributed by atoms with Crippen LogP contribution in [0.2, 0.25) is 0 Å². The summed E-state index contributed by atoms with van der Waals surface area (Å²) in [6.07, 6.45) is 2.74. The van der Waals surface area contributed by atoms with Gasteiger partial charge in [0.15, 0.2) is 5.82 Å². The first-order valence-electron chi connectivity index (χ1n) is 10.7. The number of hydrogen-bond donors (Lipinski definition) is 2. The van der Waals surface area contributed by atoms with Crippen LogP contribution in [-0.2, 0) is 0 Å². The monoisotopic (exact) mass is 436 g/mol. The highest BCUT2D eigenvalue weighted by atomic mass is 16.1. The quantitative estimate of drug-likeness (QED) is 0.330.